The Labute approximate surface area is 96.2 Å². The number of alkyl halides is 1. The van der Waals surface area contributed by atoms with Crippen LogP contribution in [0, 0.1) is 0 Å². The Kier molecular flexibility index (Phi) is 3.15. The number of anilines is 1. The number of hydrogen-bond donors (Lipinski definition) is 1. The van der Waals surface area contributed by atoms with Gasteiger partial charge in [0.15, 0.2) is 0 Å². The van der Waals surface area contributed by atoms with Crippen molar-refractivity contribution in [1.82, 2.24) is 0 Å². The van der Waals surface area contributed by atoms with Crippen molar-refractivity contribution in [2.75, 3.05) is 24.5 Å². The third kappa shape index (κ3) is 2.35. The van der Waals surface area contributed by atoms with Crippen LogP contribution in [-0.4, -0.2) is 25.3 Å². The molecule has 1 aromatic carbocycles. The van der Waals surface area contributed by atoms with Crippen LogP contribution in [-0.2, 0) is 6.42 Å². The second kappa shape index (κ2) is 4.42. The second-order valence-electron chi connectivity index (χ2n) is 4.77. The van der Waals surface area contributed by atoms with Gasteiger partial charge in [-0.25, -0.2) is 4.39 Å². The lowest BCUT2D eigenvalue weighted by Crippen LogP contribution is -2.44. The van der Waals surface area contributed by atoms with Gasteiger partial charge in [-0.3, -0.25) is 0 Å². The molecule has 1 atom stereocenters. The molecule has 0 amide bonds. The number of aryl methyl sites for hydroxylation is 1. The molecule has 1 unspecified atom stereocenters. The van der Waals surface area contributed by atoms with E-state index in [4.69, 9.17) is 5.73 Å². The maximum atomic E-state index is 13.9. The third-order valence-corrected chi connectivity index (χ3v) is 3.15. The summed E-state index contributed by atoms with van der Waals surface area (Å²) < 4.78 is 13.9. The number of halogens is 1. The van der Waals surface area contributed by atoms with Gasteiger partial charge in [-0.2, -0.15) is 0 Å². The summed E-state index contributed by atoms with van der Waals surface area (Å²) in [5.41, 5.74) is 6.63. The SMILES string of the molecule is CC(F)(CN)CN1CCCc2ccccc21. The summed E-state index contributed by atoms with van der Waals surface area (Å²) in [7, 11) is 0. The van der Waals surface area contributed by atoms with E-state index in [-0.39, 0.29) is 6.54 Å². The molecule has 1 heterocycles. The zero-order chi connectivity index (χ0) is 11.6. The van der Waals surface area contributed by atoms with Crippen molar-refractivity contribution in [3.05, 3.63) is 29.8 Å². The van der Waals surface area contributed by atoms with Crippen LogP contribution < -0.4 is 10.6 Å². The van der Waals surface area contributed by atoms with E-state index in [1.54, 1.807) is 6.92 Å². The van der Waals surface area contributed by atoms with Gasteiger partial charge in [0.1, 0.15) is 5.67 Å². The maximum Gasteiger partial charge on any atom is 0.137 e. The van der Waals surface area contributed by atoms with E-state index in [2.05, 4.69) is 17.0 Å². The van der Waals surface area contributed by atoms with E-state index in [0.29, 0.717) is 6.54 Å². The van der Waals surface area contributed by atoms with Crippen molar-refractivity contribution in [3.63, 3.8) is 0 Å². The van der Waals surface area contributed by atoms with Gasteiger partial charge in [-0.1, -0.05) is 18.2 Å². The summed E-state index contributed by atoms with van der Waals surface area (Å²) >= 11 is 0. The maximum absolute atomic E-state index is 13.9. The Morgan fingerprint density at radius 3 is 2.94 bits per heavy atom. The topological polar surface area (TPSA) is 29.3 Å². The molecule has 2 rings (SSSR count). The Balaban J connectivity index is 2.19. The highest BCUT2D eigenvalue weighted by Crippen LogP contribution is 2.28. The molecule has 0 spiro atoms. The normalized spacial score (nSPS) is 19.1. The van der Waals surface area contributed by atoms with Gasteiger partial charge in [0.25, 0.3) is 0 Å². The van der Waals surface area contributed by atoms with E-state index < -0.39 is 5.67 Å². The molecule has 2 nitrogen and oxygen atoms in total. The molecule has 0 saturated heterocycles. The molecule has 1 aliphatic heterocycles. The van der Waals surface area contributed by atoms with Gasteiger partial charge >= 0.3 is 0 Å². The first kappa shape index (κ1) is 11.4. The molecule has 0 aromatic heterocycles. The number of fused-ring (bicyclic) bond motifs is 1. The minimum Gasteiger partial charge on any atom is -0.368 e. The second-order valence-corrected chi connectivity index (χ2v) is 4.77. The summed E-state index contributed by atoms with van der Waals surface area (Å²) in [5.74, 6) is 0. The van der Waals surface area contributed by atoms with Crippen molar-refractivity contribution in [3.8, 4) is 0 Å². The molecule has 0 fully saturated rings. The molecule has 3 heteroatoms. The number of hydrogen-bond acceptors (Lipinski definition) is 2. The Morgan fingerprint density at radius 1 is 1.44 bits per heavy atom. The number of nitrogens with two attached hydrogens (primary N) is 1. The molecule has 0 radical (unpaired) electrons. The first-order chi connectivity index (χ1) is 7.62. The molecular weight excluding hydrogens is 203 g/mol. The lowest BCUT2D eigenvalue weighted by Gasteiger charge is -2.35. The van der Waals surface area contributed by atoms with Crippen molar-refractivity contribution in [1.29, 1.82) is 0 Å². The smallest absolute Gasteiger partial charge is 0.137 e. The molecule has 0 saturated carbocycles. The lowest BCUT2D eigenvalue weighted by atomic mass is 9.99. The van der Waals surface area contributed by atoms with Crippen LogP contribution in [0.4, 0.5) is 10.1 Å². The first-order valence-electron chi connectivity index (χ1n) is 5.84. The zero-order valence-electron chi connectivity index (χ0n) is 9.75. The molecule has 88 valence electrons. The highest BCUT2D eigenvalue weighted by atomic mass is 19.1. The number of benzene rings is 1. The molecule has 2 N–H and O–H groups in total. The summed E-state index contributed by atoms with van der Waals surface area (Å²) in [6, 6.07) is 8.25. The Hall–Kier alpha value is -1.09. The predicted octanol–water partition coefficient (Wildman–Crippen LogP) is 2.13. The average molecular weight is 222 g/mol. The van der Waals surface area contributed by atoms with Crippen molar-refractivity contribution in [2.45, 2.75) is 25.4 Å². The average Bonchev–Trinajstić information content (AvgIpc) is 2.29. The lowest BCUT2D eigenvalue weighted by molar-refractivity contribution is 0.205. The molecule has 1 aliphatic rings. The van der Waals surface area contributed by atoms with Crippen LogP contribution in [0.3, 0.4) is 0 Å². The van der Waals surface area contributed by atoms with Gasteiger partial charge in [0.2, 0.25) is 0 Å². The molecular formula is C13H19FN2. The van der Waals surface area contributed by atoms with Crippen molar-refractivity contribution >= 4 is 5.69 Å². The summed E-state index contributed by atoms with van der Waals surface area (Å²) in [5, 5.41) is 0. The number of rotatable bonds is 3. The summed E-state index contributed by atoms with van der Waals surface area (Å²) in [6.07, 6.45) is 2.19. The minimum absolute atomic E-state index is 0.0751. The number of para-hydroxylation sites is 1. The van der Waals surface area contributed by atoms with Crippen LogP contribution in [0.25, 0.3) is 0 Å². The molecule has 1 aromatic rings. The zero-order valence-corrected chi connectivity index (χ0v) is 9.75. The van der Waals surface area contributed by atoms with Gasteiger partial charge in [0.05, 0.1) is 6.54 Å². The van der Waals surface area contributed by atoms with Gasteiger partial charge in [-0.15, -0.1) is 0 Å². The largest absolute Gasteiger partial charge is 0.368 e. The third-order valence-electron chi connectivity index (χ3n) is 3.15. The first-order valence-corrected chi connectivity index (χ1v) is 5.84. The summed E-state index contributed by atoms with van der Waals surface area (Å²) in [4.78, 5) is 2.12. The fraction of sp³-hybridized carbons (Fsp3) is 0.538. The Morgan fingerprint density at radius 2 is 2.19 bits per heavy atom. The molecule has 0 bridgehead atoms. The minimum atomic E-state index is -1.30. The molecule has 16 heavy (non-hydrogen) atoms. The predicted molar refractivity (Wildman–Crippen MR) is 65.5 cm³/mol. The fourth-order valence-corrected chi connectivity index (χ4v) is 2.24. The van der Waals surface area contributed by atoms with Crippen LogP contribution in [0.15, 0.2) is 24.3 Å². The summed E-state index contributed by atoms with van der Waals surface area (Å²) in [6.45, 7) is 2.97. The van der Waals surface area contributed by atoms with Crippen molar-refractivity contribution in [2.24, 2.45) is 5.73 Å². The van der Waals surface area contributed by atoms with Crippen molar-refractivity contribution < 1.29 is 4.39 Å². The monoisotopic (exact) mass is 222 g/mol. The van der Waals surface area contributed by atoms with Crippen LogP contribution in [0.1, 0.15) is 18.9 Å². The molecule has 0 aliphatic carbocycles. The van der Waals surface area contributed by atoms with Gasteiger partial charge in [-0.05, 0) is 31.4 Å². The van der Waals surface area contributed by atoms with Gasteiger partial charge in [0, 0.05) is 18.8 Å². The van der Waals surface area contributed by atoms with Crippen LogP contribution in [0.5, 0.6) is 0 Å². The van der Waals surface area contributed by atoms with E-state index in [9.17, 15) is 4.39 Å². The van der Waals surface area contributed by atoms with E-state index in [0.717, 1.165) is 19.4 Å². The Bertz CT molecular complexity index is 363. The highest BCUT2D eigenvalue weighted by Gasteiger charge is 2.27. The fourth-order valence-electron chi connectivity index (χ4n) is 2.24. The van der Waals surface area contributed by atoms with Crippen LogP contribution >= 0.6 is 0 Å². The van der Waals surface area contributed by atoms with Gasteiger partial charge < -0.3 is 10.6 Å². The highest BCUT2D eigenvalue weighted by molar-refractivity contribution is 5.55. The van der Waals surface area contributed by atoms with Crippen LogP contribution in [0.2, 0.25) is 0 Å². The van der Waals surface area contributed by atoms with E-state index >= 15 is 0 Å². The quantitative estimate of drug-likeness (QED) is 0.849. The van der Waals surface area contributed by atoms with E-state index in [1.165, 1.54) is 11.3 Å². The number of nitrogens with zero attached hydrogens (tertiary/aromatic N) is 1. The van der Waals surface area contributed by atoms with E-state index in [1.807, 2.05) is 12.1 Å². The standard InChI is InChI=1S/C13H19FN2/c1-13(14,9-15)10-16-8-4-6-11-5-2-3-7-12(11)16/h2-3,5,7H,4,6,8-10,15H2,1H3.